The Labute approximate surface area is 105 Å². The molecule has 0 aliphatic rings. The van der Waals surface area contributed by atoms with Gasteiger partial charge in [0.05, 0.1) is 7.11 Å². The molecule has 1 aromatic rings. The maximum absolute atomic E-state index is 5.43. The predicted molar refractivity (Wildman–Crippen MR) is 73.9 cm³/mol. The zero-order valence-electron chi connectivity index (χ0n) is 11.7. The molecule has 17 heavy (non-hydrogen) atoms. The summed E-state index contributed by atoms with van der Waals surface area (Å²) in [6.07, 6.45) is 1.01. The van der Waals surface area contributed by atoms with E-state index in [0.29, 0.717) is 12.0 Å². The molecular formula is C15H25NO. The molecule has 0 aromatic heterocycles. The molecule has 0 aliphatic carbocycles. The second-order valence-corrected chi connectivity index (χ2v) is 4.89. The van der Waals surface area contributed by atoms with Crippen LogP contribution in [-0.4, -0.2) is 19.7 Å². The largest absolute Gasteiger partial charge is 0.496 e. The summed E-state index contributed by atoms with van der Waals surface area (Å²) in [4.78, 5) is 0. The molecule has 0 saturated heterocycles. The highest BCUT2D eigenvalue weighted by Crippen LogP contribution is 2.25. The van der Waals surface area contributed by atoms with E-state index in [1.165, 1.54) is 11.1 Å². The molecule has 2 nitrogen and oxygen atoms in total. The molecule has 96 valence electrons. The van der Waals surface area contributed by atoms with Crippen molar-refractivity contribution >= 4 is 0 Å². The molecule has 1 atom stereocenters. The van der Waals surface area contributed by atoms with Crippen LogP contribution < -0.4 is 10.1 Å². The topological polar surface area (TPSA) is 21.3 Å². The van der Waals surface area contributed by atoms with Crippen molar-refractivity contribution in [3.63, 3.8) is 0 Å². The molecular weight excluding hydrogens is 210 g/mol. The highest BCUT2D eigenvalue weighted by molar-refractivity contribution is 5.38. The molecule has 0 amide bonds. The number of rotatable bonds is 6. The monoisotopic (exact) mass is 235 g/mol. The Bertz CT molecular complexity index is 347. The van der Waals surface area contributed by atoms with Crippen LogP contribution >= 0.6 is 0 Å². The highest BCUT2D eigenvalue weighted by atomic mass is 16.5. The van der Waals surface area contributed by atoms with Crippen molar-refractivity contribution in [2.24, 2.45) is 0 Å². The Morgan fingerprint density at radius 3 is 2.47 bits per heavy atom. The van der Waals surface area contributed by atoms with Crippen molar-refractivity contribution in [2.45, 2.75) is 46.1 Å². The van der Waals surface area contributed by atoms with Crippen molar-refractivity contribution in [3.8, 4) is 5.75 Å². The van der Waals surface area contributed by atoms with Gasteiger partial charge in [-0.15, -0.1) is 0 Å². The summed E-state index contributed by atoms with van der Waals surface area (Å²) < 4.78 is 5.43. The van der Waals surface area contributed by atoms with Crippen LogP contribution in [0.1, 0.15) is 44.7 Å². The van der Waals surface area contributed by atoms with Crippen LogP contribution in [0.4, 0.5) is 0 Å². The molecule has 0 saturated carbocycles. The third-order valence-electron chi connectivity index (χ3n) is 3.05. The molecule has 0 radical (unpaired) electrons. The first kappa shape index (κ1) is 14.0. The fraction of sp³-hybridized carbons (Fsp3) is 0.600. The summed E-state index contributed by atoms with van der Waals surface area (Å²) in [7, 11) is 1.74. The SMILES string of the molecule is CCNC(C)Cc1cc(C(C)C)ccc1OC. The minimum Gasteiger partial charge on any atom is -0.496 e. The number of methoxy groups -OCH3 is 1. The smallest absolute Gasteiger partial charge is 0.122 e. The van der Waals surface area contributed by atoms with Crippen LogP contribution in [0.25, 0.3) is 0 Å². The normalized spacial score (nSPS) is 12.8. The molecule has 1 rings (SSSR count). The molecule has 1 aromatic carbocycles. The van der Waals surface area contributed by atoms with E-state index in [-0.39, 0.29) is 0 Å². The van der Waals surface area contributed by atoms with Gasteiger partial charge < -0.3 is 10.1 Å². The number of ether oxygens (including phenoxy) is 1. The van der Waals surface area contributed by atoms with Crippen molar-refractivity contribution in [2.75, 3.05) is 13.7 Å². The van der Waals surface area contributed by atoms with Crippen molar-refractivity contribution < 1.29 is 4.74 Å². The third kappa shape index (κ3) is 4.04. The second-order valence-electron chi connectivity index (χ2n) is 4.89. The first-order valence-corrected chi connectivity index (χ1v) is 6.48. The summed E-state index contributed by atoms with van der Waals surface area (Å²) in [5.74, 6) is 1.56. The standard InChI is InChI=1S/C15H25NO/c1-6-16-12(4)9-14-10-13(11(2)3)7-8-15(14)17-5/h7-8,10-12,16H,6,9H2,1-5H3. The Hall–Kier alpha value is -1.02. The first-order valence-electron chi connectivity index (χ1n) is 6.48. The number of nitrogens with one attached hydrogen (secondary N) is 1. The van der Waals surface area contributed by atoms with E-state index in [4.69, 9.17) is 4.74 Å². The maximum atomic E-state index is 5.43. The van der Waals surface area contributed by atoms with Gasteiger partial charge in [-0.2, -0.15) is 0 Å². The highest BCUT2D eigenvalue weighted by Gasteiger charge is 2.10. The van der Waals surface area contributed by atoms with Crippen LogP contribution in [0, 0.1) is 0 Å². The molecule has 0 fully saturated rings. The van der Waals surface area contributed by atoms with Crippen molar-refractivity contribution in [3.05, 3.63) is 29.3 Å². The van der Waals surface area contributed by atoms with Gasteiger partial charge in [-0.1, -0.05) is 32.9 Å². The van der Waals surface area contributed by atoms with Crippen LogP contribution in [0.3, 0.4) is 0 Å². The number of hydrogen-bond acceptors (Lipinski definition) is 2. The predicted octanol–water partition coefficient (Wildman–Crippen LogP) is 3.36. The quantitative estimate of drug-likeness (QED) is 0.816. The van der Waals surface area contributed by atoms with Crippen molar-refractivity contribution in [1.29, 1.82) is 0 Å². The van der Waals surface area contributed by atoms with Gasteiger partial charge in [-0.05, 0) is 43.0 Å². The van der Waals surface area contributed by atoms with E-state index in [1.54, 1.807) is 7.11 Å². The van der Waals surface area contributed by atoms with E-state index in [2.05, 4.69) is 51.2 Å². The summed E-state index contributed by atoms with van der Waals surface area (Å²) in [6.45, 7) is 9.80. The van der Waals surface area contributed by atoms with E-state index in [1.807, 2.05) is 0 Å². The van der Waals surface area contributed by atoms with Gasteiger partial charge in [0.15, 0.2) is 0 Å². The molecule has 2 heteroatoms. The summed E-state index contributed by atoms with van der Waals surface area (Å²) in [5, 5.41) is 3.44. The minimum atomic E-state index is 0.483. The third-order valence-corrected chi connectivity index (χ3v) is 3.05. The zero-order chi connectivity index (χ0) is 12.8. The molecule has 0 bridgehead atoms. The molecule has 1 unspecified atom stereocenters. The lowest BCUT2D eigenvalue weighted by Crippen LogP contribution is -2.27. The van der Waals surface area contributed by atoms with Crippen molar-refractivity contribution in [1.82, 2.24) is 5.32 Å². The van der Waals surface area contributed by atoms with E-state index in [0.717, 1.165) is 18.7 Å². The fourth-order valence-electron chi connectivity index (χ4n) is 2.07. The van der Waals surface area contributed by atoms with Gasteiger partial charge >= 0.3 is 0 Å². The van der Waals surface area contributed by atoms with Gasteiger partial charge in [0, 0.05) is 6.04 Å². The average molecular weight is 235 g/mol. The Balaban J connectivity index is 2.89. The number of likely N-dealkylation sites (N-methyl/N-ethyl adjacent to an activating group) is 1. The van der Waals surface area contributed by atoms with Gasteiger partial charge in [0.25, 0.3) is 0 Å². The zero-order valence-corrected chi connectivity index (χ0v) is 11.7. The molecule has 0 aliphatic heterocycles. The van der Waals surface area contributed by atoms with E-state index in [9.17, 15) is 0 Å². The Morgan fingerprint density at radius 2 is 1.94 bits per heavy atom. The van der Waals surface area contributed by atoms with Crippen LogP contribution in [0.2, 0.25) is 0 Å². The Kier molecular flexibility index (Phi) is 5.49. The lowest BCUT2D eigenvalue weighted by molar-refractivity contribution is 0.406. The number of benzene rings is 1. The summed E-state index contributed by atoms with van der Waals surface area (Å²) in [5.41, 5.74) is 2.68. The lowest BCUT2D eigenvalue weighted by Gasteiger charge is -2.17. The van der Waals surface area contributed by atoms with Gasteiger partial charge in [-0.3, -0.25) is 0 Å². The first-order chi connectivity index (χ1) is 8.08. The van der Waals surface area contributed by atoms with E-state index >= 15 is 0 Å². The Morgan fingerprint density at radius 1 is 1.24 bits per heavy atom. The van der Waals surface area contributed by atoms with Gasteiger partial charge in [0.1, 0.15) is 5.75 Å². The van der Waals surface area contributed by atoms with Gasteiger partial charge in [0.2, 0.25) is 0 Å². The summed E-state index contributed by atoms with van der Waals surface area (Å²) in [6, 6.07) is 7.00. The second kappa shape index (κ2) is 6.65. The minimum absolute atomic E-state index is 0.483. The maximum Gasteiger partial charge on any atom is 0.122 e. The van der Waals surface area contributed by atoms with Gasteiger partial charge in [-0.25, -0.2) is 0 Å². The average Bonchev–Trinajstić information content (AvgIpc) is 2.29. The van der Waals surface area contributed by atoms with Crippen LogP contribution in [-0.2, 0) is 6.42 Å². The molecule has 0 heterocycles. The lowest BCUT2D eigenvalue weighted by atomic mass is 9.97. The molecule has 0 spiro atoms. The van der Waals surface area contributed by atoms with Crippen LogP contribution in [0.15, 0.2) is 18.2 Å². The summed E-state index contributed by atoms with van der Waals surface area (Å²) >= 11 is 0. The van der Waals surface area contributed by atoms with Crippen LogP contribution in [0.5, 0.6) is 5.75 Å². The molecule has 1 N–H and O–H groups in total. The number of hydrogen-bond donors (Lipinski definition) is 1. The van der Waals surface area contributed by atoms with E-state index < -0.39 is 0 Å². The fourth-order valence-corrected chi connectivity index (χ4v) is 2.07.